The third kappa shape index (κ3) is 3.06. The Morgan fingerprint density at radius 2 is 1.95 bits per heavy atom. The van der Waals surface area contributed by atoms with Crippen LogP contribution in [0.1, 0.15) is 24.0 Å². The molecular weight excluding hydrogens is 295 g/mol. The molecule has 1 aliphatic carbocycles. The zero-order valence-electron chi connectivity index (χ0n) is 10.9. The first-order valence-electron chi connectivity index (χ1n) is 6.03. The molecule has 0 amide bonds. The molecule has 2 nitrogen and oxygen atoms in total. The second-order valence-electron chi connectivity index (χ2n) is 4.83. The van der Waals surface area contributed by atoms with Crippen LogP contribution in [0.25, 0.3) is 0 Å². The van der Waals surface area contributed by atoms with Gasteiger partial charge in [-0.1, -0.05) is 6.07 Å². The monoisotopic (exact) mass is 306 g/mol. The van der Waals surface area contributed by atoms with Crippen molar-refractivity contribution < 1.29 is 31.5 Å². The molecule has 2 rings (SSSR count). The first-order chi connectivity index (χ1) is 9.69. The van der Waals surface area contributed by atoms with E-state index in [1.165, 1.54) is 0 Å². The molecule has 0 aliphatic heterocycles. The molecule has 0 spiro atoms. The molecule has 0 saturated heterocycles. The predicted molar refractivity (Wildman–Crippen MR) is 63.5 cm³/mol. The highest BCUT2D eigenvalue weighted by Crippen LogP contribution is 2.51. The van der Waals surface area contributed by atoms with Crippen LogP contribution >= 0.6 is 0 Å². The minimum Gasteiger partial charge on any atom is -0.464 e. The van der Waals surface area contributed by atoms with E-state index in [1.807, 2.05) is 0 Å². The number of esters is 1. The maximum absolute atomic E-state index is 13.9. The fraction of sp³-hybridized carbons (Fsp3) is 0.357. The second kappa shape index (κ2) is 5.13. The summed E-state index contributed by atoms with van der Waals surface area (Å²) in [7, 11) is 0.994. The number of allylic oxidation sites excluding steroid dienone is 1. The van der Waals surface area contributed by atoms with Gasteiger partial charge in [-0.15, -0.1) is 0 Å². The Kier molecular flexibility index (Phi) is 3.78. The molecule has 114 valence electrons. The van der Waals surface area contributed by atoms with Crippen LogP contribution in [-0.2, 0) is 21.1 Å². The van der Waals surface area contributed by atoms with Crippen molar-refractivity contribution in [3.63, 3.8) is 0 Å². The van der Waals surface area contributed by atoms with Crippen LogP contribution in [0.3, 0.4) is 0 Å². The van der Waals surface area contributed by atoms with Crippen molar-refractivity contribution in [1.82, 2.24) is 0 Å². The number of hydrogen-bond acceptors (Lipinski definition) is 2. The third-order valence-electron chi connectivity index (χ3n) is 3.40. The average Bonchev–Trinajstić information content (AvgIpc) is 3.17. The Labute approximate surface area is 117 Å². The molecule has 1 fully saturated rings. The van der Waals surface area contributed by atoms with E-state index in [-0.39, 0.29) is 5.56 Å². The van der Waals surface area contributed by atoms with Crippen LogP contribution in [0.5, 0.6) is 0 Å². The number of benzene rings is 1. The molecule has 1 aromatic carbocycles. The summed E-state index contributed by atoms with van der Waals surface area (Å²) < 4.78 is 69.0. The molecule has 0 heterocycles. The fourth-order valence-electron chi connectivity index (χ4n) is 2.12. The van der Waals surface area contributed by atoms with Gasteiger partial charge in [0.25, 0.3) is 0 Å². The normalized spacial score (nSPS) is 17.5. The van der Waals surface area contributed by atoms with Gasteiger partial charge in [0.2, 0.25) is 5.83 Å². The Morgan fingerprint density at radius 3 is 2.38 bits per heavy atom. The zero-order valence-corrected chi connectivity index (χ0v) is 10.9. The van der Waals surface area contributed by atoms with Crippen LogP contribution < -0.4 is 0 Å². The lowest BCUT2D eigenvalue weighted by Gasteiger charge is -2.14. The maximum Gasteiger partial charge on any atom is 0.416 e. The van der Waals surface area contributed by atoms with Gasteiger partial charge in [-0.2, -0.15) is 17.6 Å². The van der Waals surface area contributed by atoms with Crippen LogP contribution in [0.15, 0.2) is 30.1 Å². The summed E-state index contributed by atoms with van der Waals surface area (Å²) in [6.45, 7) is 0. The SMILES string of the molecule is COC(=O)/C(F)=C/C1(c2ccc(C(F)(F)F)cc2F)CC1. The van der Waals surface area contributed by atoms with Gasteiger partial charge in [0.05, 0.1) is 12.7 Å². The Bertz CT molecular complexity index is 600. The maximum atomic E-state index is 13.9. The highest BCUT2D eigenvalue weighted by Gasteiger charge is 2.46. The quantitative estimate of drug-likeness (QED) is 0.481. The second-order valence-corrected chi connectivity index (χ2v) is 4.83. The van der Waals surface area contributed by atoms with Gasteiger partial charge in [0, 0.05) is 5.41 Å². The van der Waals surface area contributed by atoms with Crippen LogP contribution in [0.2, 0.25) is 0 Å². The number of ether oxygens (including phenoxy) is 1. The van der Waals surface area contributed by atoms with Gasteiger partial charge >= 0.3 is 12.1 Å². The van der Waals surface area contributed by atoms with Crippen LogP contribution in [-0.4, -0.2) is 13.1 Å². The summed E-state index contributed by atoms with van der Waals surface area (Å²) in [4.78, 5) is 11.0. The molecule has 0 N–H and O–H groups in total. The average molecular weight is 306 g/mol. The van der Waals surface area contributed by atoms with E-state index in [1.54, 1.807) is 0 Å². The van der Waals surface area contributed by atoms with E-state index < -0.39 is 34.8 Å². The van der Waals surface area contributed by atoms with Gasteiger partial charge in [0.15, 0.2) is 0 Å². The first-order valence-corrected chi connectivity index (χ1v) is 6.03. The van der Waals surface area contributed by atoms with Crippen molar-refractivity contribution in [2.24, 2.45) is 0 Å². The fourth-order valence-corrected chi connectivity index (χ4v) is 2.12. The number of alkyl halides is 3. The molecule has 1 saturated carbocycles. The Hall–Kier alpha value is -1.92. The van der Waals surface area contributed by atoms with Crippen molar-refractivity contribution in [3.8, 4) is 0 Å². The molecule has 0 aromatic heterocycles. The lowest BCUT2D eigenvalue weighted by Crippen LogP contribution is -2.12. The van der Waals surface area contributed by atoms with Gasteiger partial charge < -0.3 is 4.74 Å². The van der Waals surface area contributed by atoms with E-state index >= 15 is 0 Å². The molecule has 0 bridgehead atoms. The number of rotatable bonds is 3. The summed E-state index contributed by atoms with van der Waals surface area (Å²) in [6, 6.07) is 2.09. The summed E-state index contributed by atoms with van der Waals surface area (Å²) in [5.74, 6) is -3.46. The molecule has 21 heavy (non-hydrogen) atoms. The molecular formula is C14H11F5O2. The molecule has 1 aromatic rings. The molecule has 0 unspecified atom stereocenters. The van der Waals surface area contributed by atoms with E-state index in [0.717, 1.165) is 25.3 Å². The number of carbonyl (C=O) groups excluding carboxylic acids is 1. The highest BCUT2D eigenvalue weighted by molar-refractivity contribution is 5.86. The smallest absolute Gasteiger partial charge is 0.416 e. The summed E-state index contributed by atoms with van der Waals surface area (Å²) in [5.41, 5.74) is -2.25. The van der Waals surface area contributed by atoms with Crippen LogP contribution in [0.4, 0.5) is 22.0 Å². The zero-order chi connectivity index (χ0) is 15.8. The van der Waals surface area contributed by atoms with E-state index in [2.05, 4.69) is 4.74 Å². The highest BCUT2D eigenvalue weighted by atomic mass is 19.4. The van der Waals surface area contributed by atoms with Crippen molar-refractivity contribution in [2.45, 2.75) is 24.4 Å². The molecule has 1 aliphatic rings. The van der Waals surface area contributed by atoms with E-state index in [9.17, 15) is 26.7 Å². The Morgan fingerprint density at radius 1 is 1.33 bits per heavy atom. The van der Waals surface area contributed by atoms with Gasteiger partial charge in [-0.3, -0.25) is 0 Å². The number of methoxy groups -OCH3 is 1. The van der Waals surface area contributed by atoms with Crippen LogP contribution in [0, 0.1) is 5.82 Å². The molecule has 0 atom stereocenters. The standard InChI is InChI=1S/C14H11F5O2/c1-21-12(20)11(16)7-13(4-5-13)9-3-2-8(6-10(9)15)14(17,18)19/h2-3,6-7H,4-5H2,1H3/b11-7-. The topological polar surface area (TPSA) is 26.3 Å². The van der Waals surface area contributed by atoms with Crippen molar-refractivity contribution >= 4 is 5.97 Å². The summed E-state index contributed by atoms with van der Waals surface area (Å²) in [5, 5.41) is 0. The largest absolute Gasteiger partial charge is 0.464 e. The number of halogens is 5. The van der Waals surface area contributed by atoms with Crippen molar-refractivity contribution in [2.75, 3.05) is 7.11 Å². The van der Waals surface area contributed by atoms with E-state index in [4.69, 9.17) is 0 Å². The minimum absolute atomic E-state index is 0.0606. The molecule has 7 heteroatoms. The Balaban J connectivity index is 2.37. The lowest BCUT2D eigenvalue weighted by atomic mass is 9.93. The number of carbonyl (C=O) groups is 1. The summed E-state index contributed by atoms with van der Waals surface area (Å²) >= 11 is 0. The van der Waals surface area contributed by atoms with E-state index in [0.29, 0.717) is 18.9 Å². The molecule has 0 radical (unpaired) electrons. The minimum atomic E-state index is -4.65. The predicted octanol–water partition coefficient (Wildman–Crippen LogP) is 3.90. The third-order valence-corrected chi connectivity index (χ3v) is 3.40. The number of hydrogen-bond donors (Lipinski definition) is 0. The summed E-state index contributed by atoms with van der Waals surface area (Å²) in [6.07, 6.45) is -3.05. The van der Waals surface area contributed by atoms with Gasteiger partial charge in [-0.25, -0.2) is 9.18 Å². The van der Waals surface area contributed by atoms with Gasteiger partial charge in [-0.05, 0) is 36.6 Å². The first kappa shape index (κ1) is 15.5. The van der Waals surface area contributed by atoms with Crippen molar-refractivity contribution in [3.05, 3.63) is 47.0 Å². The van der Waals surface area contributed by atoms with Crippen molar-refractivity contribution in [1.29, 1.82) is 0 Å². The van der Waals surface area contributed by atoms with Gasteiger partial charge in [0.1, 0.15) is 5.82 Å². The lowest BCUT2D eigenvalue weighted by molar-refractivity contribution is -0.138.